The second-order valence-corrected chi connectivity index (χ2v) is 9.59. The lowest BCUT2D eigenvalue weighted by atomic mass is 9.82. The maximum Gasteiger partial charge on any atom is 0.255 e. The Morgan fingerprint density at radius 2 is 1.88 bits per heavy atom. The summed E-state index contributed by atoms with van der Waals surface area (Å²) in [5.41, 5.74) is 5.24. The third-order valence-electron chi connectivity index (χ3n) is 6.90. The number of nitrogens with one attached hydrogen (secondary N) is 1. The first-order valence-corrected chi connectivity index (χ1v) is 12.4. The first-order valence-electron chi connectivity index (χ1n) is 12.0. The lowest BCUT2D eigenvalue weighted by Gasteiger charge is -2.24. The van der Waals surface area contributed by atoms with Gasteiger partial charge in [0.1, 0.15) is 0 Å². The van der Waals surface area contributed by atoms with E-state index in [1.54, 1.807) is 12.3 Å². The number of carbonyl (C=O) groups is 2. The van der Waals surface area contributed by atoms with Gasteiger partial charge in [0.15, 0.2) is 0 Å². The molecule has 0 bridgehead atoms. The summed E-state index contributed by atoms with van der Waals surface area (Å²) in [5.74, 6) is 0.303. The van der Waals surface area contributed by atoms with E-state index < -0.39 is 0 Å². The Labute approximate surface area is 205 Å². The van der Waals surface area contributed by atoms with Crippen LogP contribution in [0.1, 0.15) is 65.2 Å². The highest BCUT2D eigenvalue weighted by molar-refractivity contribution is 6.30. The predicted octanol–water partition coefficient (Wildman–Crippen LogP) is 6.17. The molecule has 5 nitrogen and oxygen atoms in total. The fourth-order valence-corrected chi connectivity index (χ4v) is 5.36. The van der Waals surface area contributed by atoms with E-state index in [1.807, 2.05) is 53.4 Å². The number of halogens is 1. The Morgan fingerprint density at radius 1 is 1.03 bits per heavy atom. The number of nitrogens with zero attached hydrogens (tertiary/aromatic N) is 2. The number of hydrogen-bond donors (Lipinski definition) is 1. The first kappa shape index (κ1) is 22.6. The van der Waals surface area contributed by atoms with Crippen LogP contribution in [-0.4, -0.2) is 23.3 Å². The summed E-state index contributed by atoms with van der Waals surface area (Å²) in [6.07, 6.45) is 8.59. The number of anilines is 2. The molecule has 2 aromatic carbocycles. The van der Waals surface area contributed by atoms with E-state index in [2.05, 4.69) is 10.3 Å². The van der Waals surface area contributed by atoms with Gasteiger partial charge >= 0.3 is 0 Å². The van der Waals surface area contributed by atoms with Crippen LogP contribution < -0.4 is 10.2 Å². The van der Waals surface area contributed by atoms with E-state index in [1.165, 1.54) is 19.3 Å². The van der Waals surface area contributed by atoms with Crippen LogP contribution in [0.2, 0.25) is 5.02 Å². The topological polar surface area (TPSA) is 62.3 Å². The molecule has 0 spiro atoms. The second kappa shape index (κ2) is 9.98. The largest absolute Gasteiger partial charge is 0.322 e. The zero-order chi connectivity index (χ0) is 23.5. The number of amides is 2. The summed E-state index contributed by atoms with van der Waals surface area (Å²) in [4.78, 5) is 32.2. The number of carbonyl (C=O) groups excluding carboxylic acids is 2. The number of fused-ring (bicyclic) bond motifs is 1. The number of aromatic nitrogens is 1. The molecular formula is C28H28ClN3O2. The van der Waals surface area contributed by atoms with Gasteiger partial charge in [-0.3, -0.25) is 14.6 Å². The molecule has 0 atom stereocenters. The third kappa shape index (κ3) is 4.85. The molecule has 0 saturated heterocycles. The van der Waals surface area contributed by atoms with Gasteiger partial charge in [0.05, 0.1) is 6.42 Å². The van der Waals surface area contributed by atoms with Gasteiger partial charge in [-0.25, -0.2) is 0 Å². The Morgan fingerprint density at radius 3 is 2.68 bits per heavy atom. The minimum atomic E-state index is -0.113. The molecule has 2 heterocycles. The van der Waals surface area contributed by atoms with Crippen molar-refractivity contribution in [2.45, 2.75) is 50.9 Å². The van der Waals surface area contributed by atoms with Crippen LogP contribution in [0, 0.1) is 0 Å². The number of rotatable bonds is 5. The molecule has 5 rings (SSSR count). The van der Waals surface area contributed by atoms with Crippen LogP contribution in [0.25, 0.3) is 0 Å². The Balaban J connectivity index is 1.31. The molecule has 0 radical (unpaired) electrons. The van der Waals surface area contributed by atoms with E-state index in [0.29, 0.717) is 23.0 Å². The van der Waals surface area contributed by atoms with Gasteiger partial charge in [-0.2, -0.15) is 0 Å². The smallest absolute Gasteiger partial charge is 0.255 e. The van der Waals surface area contributed by atoms with Crippen molar-refractivity contribution in [3.63, 3.8) is 0 Å². The van der Waals surface area contributed by atoms with Gasteiger partial charge in [0.2, 0.25) is 5.91 Å². The number of pyridine rings is 1. The molecule has 0 unspecified atom stereocenters. The summed E-state index contributed by atoms with van der Waals surface area (Å²) in [6, 6.07) is 17.0. The summed E-state index contributed by atoms with van der Waals surface area (Å²) in [7, 11) is 0. The molecule has 1 aliphatic heterocycles. The lowest BCUT2D eigenvalue weighted by Crippen LogP contribution is -2.30. The van der Waals surface area contributed by atoms with E-state index in [4.69, 9.17) is 11.6 Å². The van der Waals surface area contributed by atoms with Crippen molar-refractivity contribution in [3.8, 4) is 0 Å². The van der Waals surface area contributed by atoms with Gasteiger partial charge in [-0.15, -0.1) is 0 Å². The second-order valence-electron chi connectivity index (χ2n) is 9.16. The number of hydrogen-bond acceptors (Lipinski definition) is 3. The molecule has 1 aromatic heterocycles. The van der Waals surface area contributed by atoms with Crippen molar-refractivity contribution in [3.05, 3.63) is 88.2 Å². The SMILES string of the molecule is O=C(Nc1ccc2c(c1)CCN2C(=O)Cc1ccccn1)c1ccc(Cl)cc1C1CCCCC1. The minimum Gasteiger partial charge on any atom is -0.322 e. The molecule has 34 heavy (non-hydrogen) atoms. The normalized spacial score (nSPS) is 15.7. The van der Waals surface area contributed by atoms with Crippen molar-refractivity contribution in [1.29, 1.82) is 0 Å². The van der Waals surface area contributed by atoms with Crippen molar-refractivity contribution in [2.75, 3.05) is 16.8 Å². The van der Waals surface area contributed by atoms with E-state index >= 15 is 0 Å². The Kier molecular flexibility index (Phi) is 6.63. The summed E-state index contributed by atoms with van der Waals surface area (Å²) in [6.45, 7) is 0.640. The van der Waals surface area contributed by atoms with Crippen molar-refractivity contribution < 1.29 is 9.59 Å². The molecule has 1 aliphatic carbocycles. The van der Waals surface area contributed by atoms with Crippen LogP contribution in [0.5, 0.6) is 0 Å². The molecule has 174 valence electrons. The average molecular weight is 474 g/mol. The molecule has 1 fully saturated rings. The van der Waals surface area contributed by atoms with Gasteiger partial charge in [-0.05, 0) is 84.8 Å². The zero-order valence-electron chi connectivity index (χ0n) is 19.1. The van der Waals surface area contributed by atoms with E-state index in [-0.39, 0.29) is 18.2 Å². The Bertz CT molecular complexity index is 1210. The molecular weight excluding hydrogens is 446 g/mol. The first-order chi connectivity index (χ1) is 16.6. The highest BCUT2D eigenvalue weighted by Crippen LogP contribution is 2.36. The standard InChI is InChI=1S/C28H28ClN3O2/c29-21-9-11-24(25(17-21)19-6-2-1-3-7-19)28(34)31-23-10-12-26-20(16-23)13-15-32(26)27(33)18-22-8-4-5-14-30-22/h4-5,8-12,14,16-17,19H,1-3,6-7,13,15,18H2,(H,31,34). The van der Waals surface area contributed by atoms with Crippen molar-refractivity contribution in [1.82, 2.24) is 4.98 Å². The van der Waals surface area contributed by atoms with Crippen LogP contribution in [0.15, 0.2) is 60.8 Å². The van der Waals surface area contributed by atoms with Gasteiger partial charge in [0, 0.05) is 40.4 Å². The van der Waals surface area contributed by atoms with Crippen LogP contribution in [0.4, 0.5) is 11.4 Å². The van der Waals surface area contributed by atoms with Crippen molar-refractivity contribution in [2.24, 2.45) is 0 Å². The maximum absolute atomic E-state index is 13.2. The number of benzene rings is 2. The van der Waals surface area contributed by atoms with Gasteiger partial charge in [0.25, 0.3) is 5.91 Å². The quantitative estimate of drug-likeness (QED) is 0.482. The molecule has 2 amide bonds. The summed E-state index contributed by atoms with van der Waals surface area (Å²) in [5, 5.41) is 3.75. The van der Waals surface area contributed by atoms with Crippen molar-refractivity contribution >= 4 is 34.8 Å². The molecule has 2 aliphatic rings. The minimum absolute atomic E-state index is 0.0347. The lowest BCUT2D eigenvalue weighted by molar-refractivity contribution is -0.117. The van der Waals surface area contributed by atoms with Gasteiger partial charge in [-0.1, -0.05) is 36.9 Å². The van der Waals surface area contributed by atoms with Gasteiger partial charge < -0.3 is 10.2 Å². The van der Waals surface area contributed by atoms with Crippen LogP contribution in [-0.2, 0) is 17.6 Å². The fourth-order valence-electron chi connectivity index (χ4n) is 5.18. The van der Waals surface area contributed by atoms with Crippen LogP contribution >= 0.6 is 11.6 Å². The summed E-state index contributed by atoms with van der Waals surface area (Å²) < 4.78 is 0. The summed E-state index contributed by atoms with van der Waals surface area (Å²) >= 11 is 6.29. The monoisotopic (exact) mass is 473 g/mol. The van der Waals surface area contributed by atoms with E-state index in [9.17, 15) is 9.59 Å². The van der Waals surface area contributed by atoms with Crippen LogP contribution in [0.3, 0.4) is 0 Å². The third-order valence-corrected chi connectivity index (χ3v) is 7.13. The fraction of sp³-hybridized carbons (Fsp3) is 0.321. The zero-order valence-corrected chi connectivity index (χ0v) is 19.9. The molecule has 1 saturated carbocycles. The highest BCUT2D eigenvalue weighted by atomic mass is 35.5. The average Bonchev–Trinajstić information content (AvgIpc) is 3.28. The Hall–Kier alpha value is -3.18. The van der Waals surface area contributed by atoms with E-state index in [0.717, 1.165) is 47.5 Å². The molecule has 1 N–H and O–H groups in total. The highest BCUT2D eigenvalue weighted by Gasteiger charge is 2.26. The molecule has 3 aromatic rings. The maximum atomic E-state index is 13.2. The predicted molar refractivity (Wildman–Crippen MR) is 136 cm³/mol. The molecule has 6 heteroatoms.